The van der Waals surface area contributed by atoms with Crippen molar-refractivity contribution < 1.29 is 14.3 Å². The second-order valence-corrected chi connectivity index (χ2v) is 6.22. The van der Waals surface area contributed by atoms with E-state index in [4.69, 9.17) is 11.6 Å². The number of aliphatic hydroxyl groups is 1. The van der Waals surface area contributed by atoms with Crippen LogP contribution in [-0.4, -0.2) is 35.1 Å². The van der Waals surface area contributed by atoms with E-state index in [0.717, 1.165) is 11.6 Å². The second kappa shape index (κ2) is 6.69. The molecule has 0 spiro atoms. The molecule has 0 bridgehead atoms. The predicted octanol–water partition coefficient (Wildman–Crippen LogP) is 3.47. The summed E-state index contributed by atoms with van der Waals surface area (Å²) >= 11 is 5.80. The molecule has 1 amide bonds. The average molecular weight is 334 g/mol. The van der Waals surface area contributed by atoms with E-state index in [1.165, 1.54) is 12.1 Å². The van der Waals surface area contributed by atoms with Crippen LogP contribution in [0.25, 0.3) is 0 Å². The molecule has 0 saturated carbocycles. The number of benzene rings is 2. The van der Waals surface area contributed by atoms with Gasteiger partial charge < -0.3 is 10.0 Å². The molecule has 3 rings (SSSR count). The molecule has 5 heteroatoms. The fraction of sp³-hybridized carbons (Fsp3) is 0.278. The summed E-state index contributed by atoms with van der Waals surface area (Å²) in [5.41, 5.74) is 1.28. The first-order valence-corrected chi connectivity index (χ1v) is 7.91. The molecule has 2 aromatic rings. The van der Waals surface area contributed by atoms with E-state index in [-0.39, 0.29) is 29.0 Å². The van der Waals surface area contributed by atoms with Gasteiger partial charge in [0.1, 0.15) is 5.82 Å². The number of piperidine rings is 1. The Morgan fingerprint density at radius 1 is 1.22 bits per heavy atom. The Hall–Kier alpha value is -1.91. The van der Waals surface area contributed by atoms with Crippen LogP contribution in [0.3, 0.4) is 0 Å². The van der Waals surface area contributed by atoms with Crippen molar-refractivity contribution in [1.82, 2.24) is 4.90 Å². The third kappa shape index (κ3) is 3.54. The van der Waals surface area contributed by atoms with E-state index in [1.54, 1.807) is 4.90 Å². The first-order chi connectivity index (χ1) is 11.0. The minimum atomic E-state index is -0.640. The fourth-order valence-electron chi connectivity index (χ4n) is 3.07. The Labute approximate surface area is 139 Å². The van der Waals surface area contributed by atoms with Gasteiger partial charge in [0.2, 0.25) is 0 Å². The number of hydrogen-bond donors (Lipinski definition) is 1. The molecular formula is C18H17ClFNO2. The van der Waals surface area contributed by atoms with Gasteiger partial charge in [-0.2, -0.15) is 0 Å². The number of aliphatic hydroxyl groups excluding tert-OH is 1. The van der Waals surface area contributed by atoms with Crippen molar-refractivity contribution in [1.29, 1.82) is 0 Å². The summed E-state index contributed by atoms with van der Waals surface area (Å²) in [5, 5.41) is 10.6. The summed E-state index contributed by atoms with van der Waals surface area (Å²) in [5.74, 6) is -0.839. The number of β-amino-alcohol motifs (C(OH)–C–C–N with tert-alkyl or cyclic N) is 1. The third-order valence-corrected chi connectivity index (χ3v) is 4.42. The van der Waals surface area contributed by atoms with Gasteiger partial charge in [-0.15, -0.1) is 0 Å². The van der Waals surface area contributed by atoms with Crippen molar-refractivity contribution in [2.24, 2.45) is 0 Å². The van der Waals surface area contributed by atoms with Crippen LogP contribution in [0.15, 0.2) is 48.5 Å². The van der Waals surface area contributed by atoms with E-state index in [9.17, 15) is 14.3 Å². The minimum absolute atomic E-state index is 0.0105. The van der Waals surface area contributed by atoms with Gasteiger partial charge in [0, 0.05) is 29.6 Å². The van der Waals surface area contributed by atoms with Crippen LogP contribution < -0.4 is 0 Å². The number of nitrogens with zero attached hydrogens (tertiary/aromatic N) is 1. The number of carbonyl (C=O) groups is 1. The first-order valence-electron chi connectivity index (χ1n) is 7.53. The van der Waals surface area contributed by atoms with Crippen LogP contribution in [0.4, 0.5) is 4.39 Å². The smallest absolute Gasteiger partial charge is 0.254 e. The molecule has 2 aromatic carbocycles. The maximum atomic E-state index is 13.4. The van der Waals surface area contributed by atoms with Gasteiger partial charge in [0.15, 0.2) is 0 Å². The lowest BCUT2D eigenvalue weighted by molar-refractivity contribution is 0.0381. The van der Waals surface area contributed by atoms with E-state index >= 15 is 0 Å². The lowest BCUT2D eigenvalue weighted by Gasteiger charge is -2.36. The van der Waals surface area contributed by atoms with Gasteiger partial charge in [0.25, 0.3) is 5.91 Å². The summed E-state index contributed by atoms with van der Waals surface area (Å²) in [6, 6.07) is 13.6. The molecule has 1 heterocycles. The Bertz CT molecular complexity index is 687. The number of carbonyl (C=O) groups excluding carboxylic acids is 1. The molecule has 1 fully saturated rings. The van der Waals surface area contributed by atoms with Crippen LogP contribution in [0, 0.1) is 5.82 Å². The van der Waals surface area contributed by atoms with Crippen molar-refractivity contribution in [3.8, 4) is 0 Å². The topological polar surface area (TPSA) is 40.5 Å². The minimum Gasteiger partial charge on any atom is -0.391 e. The van der Waals surface area contributed by atoms with Crippen LogP contribution in [-0.2, 0) is 0 Å². The Morgan fingerprint density at radius 3 is 2.61 bits per heavy atom. The quantitative estimate of drug-likeness (QED) is 0.914. The molecule has 0 aromatic heterocycles. The standard InChI is InChI=1S/C18H17ClFNO2/c19-14-8-13(9-15(20)10-14)18(23)21-7-6-16(17(22)11-21)12-4-2-1-3-5-12/h1-5,8-10,16-17,22H,6-7,11H2/t16-,17+/m0/s1. The summed E-state index contributed by atoms with van der Waals surface area (Å²) in [6.07, 6.45) is 0.0269. The second-order valence-electron chi connectivity index (χ2n) is 5.78. The zero-order valence-electron chi connectivity index (χ0n) is 12.5. The van der Waals surface area contributed by atoms with Crippen LogP contribution in [0.2, 0.25) is 5.02 Å². The molecule has 120 valence electrons. The highest BCUT2D eigenvalue weighted by Gasteiger charge is 2.31. The summed E-state index contributed by atoms with van der Waals surface area (Å²) in [4.78, 5) is 14.0. The largest absolute Gasteiger partial charge is 0.391 e. The Balaban J connectivity index is 1.73. The van der Waals surface area contributed by atoms with Crippen LogP contribution in [0.1, 0.15) is 28.3 Å². The lowest BCUT2D eigenvalue weighted by atomic mass is 9.87. The first kappa shape index (κ1) is 16.0. The van der Waals surface area contributed by atoms with Crippen molar-refractivity contribution in [3.63, 3.8) is 0 Å². The molecular weight excluding hydrogens is 317 g/mol. The van der Waals surface area contributed by atoms with Crippen molar-refractivity contribution in [2.75, 3.05) is 13.1 Å². The molecule has 1 aliphatic rings. The Kier molecular flexibility index (Phi) is 4.64. The highest BCUT2D eigenvalue weighted by molar-refractivity contribution is 6.31. The number of hydrogen-bond acceptors (Lipinski definition) is 2. The fourth-order valence-corrected chi connectivity index (χ4v) is 3.29. The van der Waals surface area contributed by atoms with Gasteiger partial charge in [-0.1, -0.05) is 41.9 Å². The zero-order chi connectivity index (χ0) is 16.4. The molecule has 0 aliphatic carbocycles. The summed E-state index contributed by atoms with van der Waals surface area (Å²) in [6.45, 7) is 0.746. The van der Waals surface area contributed by atoms with Gasteiger partial charge in [-0.3, -0.25) is 4.79 Å². The summed E-state index contributed by atoms with van der Waals surface area (Å²) in [7, 11) is 0. The number of halogens is 2. The molecule has 0 unspecified atom stereocenters. The van der Waals surface area contributed by atoms with Gasteiger partial charge in [-0.05, 0) is 30.2 Å². The van der Waals surface area contributed by atoms with E-state index in [2.05, 4.69) is 0 Å². The normalized spacial score (nSPS) is 21.3. The van der Waals surface area contributed by atoms with Gasteiger partial charge >= 0.3 is 0 Å². The maximum absolute atomic E-state index is 13.4. The van der Waals surface area contributed by atoms with Gasteiger partial charge in [-0.25, -0.2) is 4.39 Å². The van der Waals surface area contributed by atoms with E-state index in [1.807, 2.05) is 30.3 Å². The highest BCUT2D eigenvalue weighted by Crippen LogP contribution is 2.29. The third-order valence-electron chi connectivity index (χ3n) is 4.21. The lowest BCUT2D eigenvalue weighted by Crippen LogP contribution is -2.45. The molecule has 1 saturated heterocycles. The zero-order valence-corrected chi connectivity index (χ0v) is 13.2. The molecule has 1 N–H and O–H groups in total. The molecule has 1 aliphatic heterocycles. The predicted molar refractivity (Wildman–Crippen MR) is 87.1 cm³/mol. The van der Waals surface area contributed by atoms with Gasteiger partial charge in [0.05, 0.1) is 6.10 Å². The van der Waals surface area contributed by atoms with Crippen molar-refractivity contribution in [2.45, 2.75) is 18.4 Å². The van der Waals surface area contributed by atoms with Crippen LogP contribution >= 0.6 is 11.6 Å². The SMILES string of the molecule is O=C(c1cc(F)cc(Cl)c1)N1CC[C@@H](c2ccccc2)[C@H](O)C1. The molecule has 3 nitrogen and oxygen atoms in total. The van der Waals surface area contributed by atoms with Crippen LogP contribution in [0.5, 0.6) is 0 Å². The monoisotopic (exact) mass is 333 g/mol. The number of rotatable bonds is 2. The maximum Gasteiger partial charge on any atom is 0.254 e. The van der Waals surface area contributed by atoms with Crippen molar-refractivity contribution in [3.05, 3.63) is 70.5 Å². The molecule has 2 atom stereocenters. The summed E-state index contributed by atoms with van der Waals surface area (Å²) < 4.78 is 13.4. The highest BCUT2D eigenvalue weighted by atomic mass is 35.5. The number of likely N-dealkylation sites (tertiary alicyclic amines) is 1. The average Bonchev–Trinajstić information content (AvgIpc) is 2.54. The molecule has 23 heavy (non-hydrogen) atoms. The number of amides is 1. The van der Waals surface area contributed by atoms with Crippen molar-refractivity contribution >= 4 is 17.5 Å². The Morgan fingerprint density at radius 2 is 1.96 bits per heavy atom. The van der Waals surface area contributed by atoms with E-state index in [0.29, 0.717) is 13.0 Å². The molecule has 0 radical (unpaired) electrons. The van der Waals surface area contributed by atoms with E-state index < -0.39 is 11.9 Å².